The van der Waals surface area contributed by atoms with Gasteiger partial charge in [-0.05, 0) is 26.1 Å². The Morgan fingerprint density at radius 2 is 1.81 bits per heavy atom. The number of nitrogens with zero attached hydrogens (tertiary/aromatic N) is 3. The Balaban J connectivity index is 0.000000509. The van der Waals surface area contributed by atoms with Crippen molar-refractivity contribution in [3.8, 4) is 0 Å². The van der Waals surface area contributed by atoms with Crippen molar-refractivity contribution < 1.29 is 0 Å². The second-order valence-electron chi connectivity index (χ2n) is 3.66. The smallest absolute Gasteiger partial charge is 0.0668 e. The average molecular weight is 225 g/mol. The molecule has 3 heteroatoms. The zero-order chi connectivity index (χ0) is 12.6. The molecule has 1 aromatic heterocycles. The van der Waals surface area contributed by atoms with Gasteiger partial charge in [-0.2, -0.15) is 5.10 Å². The predicted molar refractivity (Wildman–Crippen MR) is 70.8 cm³/mol. The van der Waals surface area contributed by atoms with Gasteiger partial charge in [0.1, 0.15) is 0 Å². The highest BCUT2D eigenvalue weighted by Crippen LogP contribution is 2.24. The third-order valence-corrected chi connectivity index (χ3v) is 2.54. The maximum Gasteiger partial charge on any atom is 0.0668 e. The molecule has 1 saturated heterocycles. The largest absolute Gasteiger partial charge is 0.306 e. The first-order valence-electron chi connectivity index (χ1n) is 6.44. The molecule has 1 aliphatic heterocycles. The van der Waals surface area contributed by atoms with E-state index in [9.17, 15) is 0 Å². The Bertz CT molecular complexity index is 268. The lowest BCUT2D eigenvalue weighted by Crippen LogP contribution is -2.13. The highest BCUT2D eigenvalue weighted by atomic mass is 15.3. The molecule has 1 atom stereocenters. The van der Waals surface area contributed by atoms with Crippen LogP contribution in [-0.4, -0.2) is 34.8 Å². The van der Waals surface area contributed by atoms with Crippen LogP contribution >= 0.6 is 0 Å². The van der Waals surface area contributed by atoms with Crippen molar-refractivity contribution in [3.63, 3.8) is 0 Å². The number of aryl methyl sites for hydroxylation is 1. The van der Waals surface area contributed by atoms with Crippen molar-refractivity contribution in [2.24, 2.45) is 7.05 Å². The Morgan fingerprint density at radius 3 is 2.19 bits per heavy atom. The molecule has 1 aliphatic rings. The third-order valence-electron chi connectivity index (χ3n) is 2.54. The summed E-state index contributed by atoms with van der Waals surface area (Å²) in [6.45, 7) is 10.4. The first-order valence-corrected chi connectivity index (χ1v) is 6.44. The van der Waals surface area contributed by atoms with Gasteiger partial charge in [0.25, 0.3) is 0 Å². The van der Waals surface area contributed by atoms with E-state index in [0.717, 1.165) is 6.54 Å². The van der Waals surface area contributed by atoms with Gasteiger partial charge in [0.2, 0.25) is 0 Å². The fourth-order valence-electron chi connectivity index (χ4n) is 1.83. The Kier molecular flexibility index (Phi) is 7.90. The highest BCUT2D eigenvalue weighted by molar-refractivity contribution is 5.08. The van der Waals surface area contributed by atoms with Gasteiger partial charge in [-0.1, -0.05) is 27.7 Å². The van der Waals surface area contributed by atoms with Gasteiger partial charge in [0.05, 0.1) is 5.69 Å². The normalized spacial score (nSPS) is 19.5. The summed E-state index contributed by atoms with van der Waals surface area (Å²) in [4.78, 5) is 2.36. The second-order valence-corrected chi connectivity index (χ2v) is 3.66. The van der Waals surface area contributed by atoms with E-state index in [-0.39, 0.29) is 0 Å². The maximum atomic E-state index is 4.42. The first kappa shape index (κ1) is 15.2. The summed E-state index contributed by atoms with van der Waals surface area (Å²) < 4.78 is 1.88. The van der Waals surface area contributed by atoms with Gasteiger partial charge in [0, 0.05) is 25.7 Å². The van der Waals surface area contributed by atoms with Crippen LogP contribution in [0.4, 0.5) is 0 Å². The zero-order valence-corrected chi connectivity index (χ0v) is 11.7. The highest BCUT2D eigenvalue weighted by Gasteiger charge is 2.22. The lowest BCUT2D eigenvalue weighted by Gasteiger charge is -2.06. The Hall–Kier alpha value is -0.830. The van der Waals surface area contributed by atoms with Crippen LogP contribution in [0.3, 0.4) is 0 Å². The van der Waals surface area contributed by atoms with Gasteiger partial charge in [-0.15, -0.1) is 0 Å². The molecule has 1 unspecified atom stereocenters. The Labute approximate surface area is 100 Å². The summed E-state index contributed by atoms with van der Waals surface area (Å²) >= 11 is 0. The molecular formula is C13H27N3. The lowest BCUT2D eigenvalue weighted by molar-refractivity contribution is 0.410. The third kappa shape index (κ3) is 4.35. The maximum absolute atomic E-state index is 4.42. The molecule has 1 aromatic rings. The summed E-state index contributed by atoms with van der Waals surface area (Å²) in [7, 11) is 4.14. The molecule has 0 saturated carbocycles. The number of hydrogen-bond acceptors (Lipinski definition) is 2. The van der Waals surface area contributed by atoms with E-state index in [1.165, 1.54) is 18.7 Å². The molecule has 0 spiro atoms. The molecule has 0 N–H and O–H groups in total. The van der Waals surface area contributed by atoms with E-state index in [2.05, 4.69) is 23.1 Å². The molecule has 0 bridgehead atoms. The first-order chi connectivity index (χ1) is 7.75. The number of hydrogen-bond donors (Lipinski definition) is 0. The van der Waals surface area contributed by atoms with Crippen molar-refractivity contribution in [1.29, 1.82) is 0 Å². The zero-order valence-electron chi connectivity index (χ0n) is 11.7. The number of likely N-dealkylation sites (tertiary alicyclic amines) is 1. The van der Waals surface area contributed by atoms with Crippen molar-refractivity contribution in [2.45, 2.75) is 40.0 Å². The molecule has 2 heterocycles. The van der Waals surface area contributed by atoms with E-state index in [1.54, 1.807) is 0 Å². The van der Waals surface area contributed by atoms with Crippen LogP contribution in [0.25, 0.3) is 0 Å². The Morgan fingerprint density at radius 1 is 1.19 bits per heavy atom. The topological polar surface area (TPSA) is 21.1 Å². The van der Waals surface area contributed by atoms with E-state index in [1.807, 2.05) is 45.6 Å². The molecule has 0 aliphatic carbocycles. The second kappa shape index (κ2) is 8.34. The quantitative estimate of drug-likeness (QED) is 0.733. The number of rotatable bonds is 1. The van der Waals surface area contributed by atoms with Crippen LogP contribution in [0.15, 0.2) is 12.3 Å². The molecule has 0 aromatic carbocycles. The molecular weight excluding hydrogens is 198 g/mol. The van der Waals surface area contributed by atoms with Crippen LogP contribution in [0.2, 0.25) is 0 Å². The van der Waals surface area contributed by atoms with Crippen LogP contribution in [-0.2, 0) is 7.05 Å². The summed E-state index contributed by atoms with van der Waals surface area (Å²) in [6.07, 6.45) is 3.28. The molecule has 1 fully saturated rings. The minimum absolute atomic E-state index is 0.663. The van der Waals surface area contributed by atoms with Gasteiger partial charge >= 0.3 is 0 Å². The van der Waals surface area contributed by atoms with Gasteiger partial charge < -0.3 is 4.90 Å². The van der Waals surface area contributed by atoms with Crippen LogP contribution in [0.5, 0.6) is 0 Å². The fourth-order valence-corrected chi connectivity index (χ4v) is 1.83. The lowest BCUT2D eigenvalue weighted by atomic mass is 10.1. The van der Waals surface area contributed by atoms with Crippen LogP contribution < -0.4 is 0 Å². The molecule has 0 radical (unpaired) electrons. The fraction of sp³-hybridized carbons (Fsp3) is 0.769. The molecule has 3 nitrogen and oxygen atoms in total. The van der Waals surface area contributed by atoms with Crippen molar-refractivity contribution >= 4 is 0 Å². The monoisotopic (exact) mass is 225 g/mol. The van der Waals surface area contributed by atoms with Crippen molar-refractivity contribution in [2.75, 3.05) is 20.1 Å². The average Bonchev–Trinajstić information content (AvgIpc) is 2.93. The standard InChI is InChI=1S/C9H15N3.2C2H6/c1-11-5-3-8(7-11)9-4-6-12(2)10-9;2*1-2/h4,6,8H,3,5,7H2,1-2H3;2*1-2H3. The summed E-state index contributed by atoms with van der Waals surface area (Å²) in [5, 5.41) is 4.42. The van der Waals surface area contributed by atoms with E-state index < -0.39 is 0 Å². The summed E-state index contributed by atoms with van der Waals surface area (Å²) in [5.74, 6) is 0.663. The SMILES string of the molecule is CC.CC.CN1CCC(c2ccn(C)n2)C1. The minimum Gasteiger partial charge on any atom is -0.306 e. The van der Waals surface area contributed by atoms with Crippen molar-refractivity contribution in [3.05, 3.63) is 18.0 Å². The van der Waals surface area contributed by atoms with E-state index in [0.29, 0.717) is 5.92 Å². The van der Waals surface area contributed by atoms with Crippen LogP contribution in [0, 0.1) is 0 Å². The number of likely N-dealkylation sites (N-methyl/N-ethyl adjacent to an activating group) is 1. The predicted octanol–water partition coefficient (Wildman–Crippen LogP) is 2.89. The van der Waals surface area contributed by atoms with E-state index >= 15 is 0 Å². The molecule has 94 valence electrons. The number of aromatic nitrogens is 2. The minimum atomic E-state index is 0.663. The summed E-state index contributed by atoms with van der Waals surface area (Å²) in [6, 6.07) is 2.13. The van der Waals surface area contributed by atoms with Crippen LogP contribution in [0.1, 0.15) is 45.7 Å². The van der Waals surface area contributed by atoms with E-state index in [4.69, 9.17) is 0 Å². The molecule has 2 rings (SSSR count). The van der Waals surface area contributed by atoms with Gasteiger partial charge in [-0.25, -0.2) is 0 Å². The van der Waals surface area contributed by atoms with Gasteiger partial charge in [-0.3, -0.25) is 4.68 Å². The van der Waals surface area contributed by atoms with Crippen molar-refractivity contribution in [1.82, 2.24) is 14.7 Å². The van der Waals surface area contributed by atoms with Gasteiger partial charge in [0.15, 0.2) is 0 Å². The summed E-state index contributed by atoms with van der Waals surface area (Å²) in [5.41, 5.74) is 1.25. The molecule has 0 amide bonds. The molecule has 16 heavy (non-hydrogen) atoms.